The molecule has 1 aromatic heterocycles. The van der Waals surface area contributed by atoms with E-state index < -0.39 is 12.4 Å². The van der Waals surface area contributed by atoms with Gasteiger partial charge in [0.1, 0.15) is 11.6 Å². The monoisotopic (exact) mass is 528 g/mol. The Balaban J connectivity index is 0.00000392. The number of guanidine groups is 1. The van der Waals surface area contributed by atoms with Crippen molar-refractivity contribution >= 4 is 41.3 Å². The van der Waals surface area contributed by atoms with Crippen molar-refractivity contribution in [3.63, 3.8) is 0 Å². The number of hydrogen-bond donors (Lipinski definition) is 2. The molecule has 156 valence electrons. The van der Waals surface area contributed by atoms with Crippen LogP contribution in [0.5, 0.6) is 5.75 Å². The molecular weight excluding hydrogens is 504 g/mol. The fourth-order valence-electron chi connectivity index (χ4n) is 2.33. The first-order valence-electron chi connectivity index (χ1n) is 8.58. The largest absolute Gasteiger partial charge is 0.434 e. The maximum Gasteiger partial charge on any atom is 0.387 e. The number of aliphatic imine (C=N–C) groups is 1. The first-order chi connectivity index (χ1) is 12.9. The number of nitrogens with zero attached hydrogens (tertiary/aromatic N) is 2. The van der Waals surface area contributed by atoms with Crippen LogP contribution in [-0.2, 0) is 13.0 Å². The highest BCUT2D eigenvalue weighted by Gasteiger charge is 2.13. The number of aromatic nitrogens is 1. The zero-order chi connectivity index (χ0) is 19.8. The van der Waals surface area contributed by atoms with E-state index in [0.29, 0.717) is 19.0 Å². The van der Waals surface area contributed by atoms with E-state index in [1.165, 1.54) is 23.1 Å². The number of benzene rings is 1. The molecule has 0 amide bonds. The Labute approximate surface area is 183 Å². The minimum Gasteiger partial charge on any atom is -0.434 e. The summed E-state index contributed by atoms with van der Waals surface area (Å²) in [5.74, 6) is -0.381. The molecule has 5 nitrogen and oxygen atoms in total. The lowest BCUT2D eigenvalue weighted by Gasteiger charge is -2.13. The van der Waals surface area contributed by atoms with Gasteiger partial charge >= 0.3 is 6.61 Å². The van der Waals surface area contributed by atoms with Crippen LogP contribution in [0.2, 0.25) is 0 Å². The van der Waals surface area contributed by atoms with Gasteiger partial charge < -0.3 is 15.4 Å². The van der Waals surface area contributed by atoms with E-state index in [0.717, 1.165) is 17.1 Å². The summed E-state index contributed by atoms with van der Waals surface area (Å²) in [5, 5.41) is 7.21. The van der Waals surface area contributed by atoms with E-state index in [4.69, 9.17) is 0 Å². The highest BCUT2D eigenvalue weighted by Crippen LogP contribution is 2.24. The van der Waals surface area contributed by atoms with Gasteiger partial charge in [-0.3, -0.25) is 0 Å². The van der Waals surface area contributed by atoms with Crippen LogP contribution in [0.1, 0.15) is 28.1 Å². The van der Waals surface area contributed by atoms with Gasteiger partial charge in [-0.05, 0) is 32.9 Å². The summed E-state index contributed by atoms with van der Waals surface area (Å²) in [4.78, 5) is 9.95. The highest BCUT2D eigenvalue weighted by atomic mass is 127. The van der Waals surface area contributed by atoms with Crippen molar-refractivity contribution in [3.05, 3.63) is 45.2 Å². The predicted molar refractivity (Wildman–Crippen MR) is 117 cm³/mol. The summed E-state index contributed by atoms with van der Waals surface area (Å²) in [5.41, 5.74) is 1.02. The number of nitrogens with one attached hydrogen (secondary N) is 2. The van der Waals surface area contributed by atoms with Gasteiger partial charge in [0.2, 0.25) is 0 Å². The van der Waals surface area contributed by atoms with Crippen LogP contribution in [0, 0.1) is 19.7 Å². The van der Waals surface area contributed by atoms with Gasteiger partial charge in [-0.2, -0.15) is 8.78 Å². The van der Waals surface area contributed by atoms with E-state index in [-0.39, 0.29) is 41.8 Å². The van der Waals surface area contributed by atoms with Crippen LogP contribution < -0.4 is 15.4 Å². The van der Waals surface area contributed by atoms with E-state index >= 15 is 0 Å². The standard InChI is InChI=1S/C18H23F3N4OS.HI/c1-4-22-18(23-9-8-16-25-11(2)12(3)27-16)24-10-13-14(19)6-5-7-15(13)26-17(20)21;/h5-7,17H,4,8-10H2,1-3H3,(H2,22,23,24);1H. The number of thiazole rings is 1. The number of alkyl halides is 2. The van der Waals surface area contributed by atoms with Crippen molar-refractivity contribution in [2.75, 3.05) is 13.1 Å². The molecule has 0 aliphatic heterocycles. The summed E-state index contributed by atoms with van der Waals surface area (Å²) < 4.78 is 43.4. The van der Waals surface area contributed by atoms with Crippen LogP contribution in [0.25, 0.3) is 0 Å². The summed E-state index contributed by atoms with van der Waals surface area (Å²) in [7, 11) is 0. The summed E-state index contributed by atoms with van der Waals surface area (Å²) in [6.07, 6.45) is 0.725. The molecule has 2 aromatic rings. The second-order valence-electron chi connectivity index (χ2n) is 5.72. The Hall–Kier alpha value is -1.56. The van der Waals surface area contributed by atoms with E-state index in [1.807, 2.05) is 20.8 Å². The number of halogens is 4. The van der Waals surface area contributed by atoms with Crippen LogP contribution in [0.3, 0.4) is 0 Å². The maximum absolute atomic E-state index is 14.0. The minimum atomic E-state index is -3.02. The maximum atomic E-state index is 14.0. The Bertz CT molecular complexity index is 767. The van der Waals surface area contributed by atoms with Crippen LogP contribution >= 0.6 is 35.3 Å². The number of ether oxygens (including phenoxy) is 1. The molecule has 0 saturated carbocycles. The smallest absolute Gasteiger partial charge is 0.387 e. The molecule has 1 aromatic carbocycles. The molecule has 0 radical (unpaired) electrons. The average Bonchev–Trinajstić information content (AvgIpc) is 2.91. The zero-order valence-corrected chi connectivity index (χ0v) is 19.0. The molecule has 1 heterocycles. The molecule has 0 bridgehead atoms. The molecule has 0 aliphatic rings. The Morgan fingerprint density at radius 1 is 1.29 bits per heavy atom. The Morgan fingerprint density at radius 3 is 2.64 bits per heavy atom. The number of aryl methyl sites for hydroxylation is 2. The van der Waals surface area contributed by atoms with Crippen molar-refractivity contribution in [1.82, 2.24) is 15.6 Å². The van der Waals surface area contributed by atoms with Gasteiger partial charge in [-0.25, -0.2) is 14.4 Å². The van der Waals surface area contributed by atoms with Crippen molar-refractivity contribution < 1.29 is 17.9 Å². The fourth-order valence-corrected chi connectivity index (χ4v) is 3.27. The second-order valence-corrected chi connectivity index (χ2v) is 7.00. The van der Waals surface area contributed by atoms with Crippen LogP contribution in [-0.4, -0.2) is 30.6 Å². The zero-order valence-electron chi connectivity index (χ0n) is 15.9. The van der Waals surface area contributed by atoms with Gasteiger partial charge in [0, 0.05) is 24.4 Å². The summed E-state index contributed by atoms with van der Waals surface area (Å²) in [6.45, 7) is 3.96. The topological polar surface area (TPSA) is 58.5 Å². The molecule has 0 saturated heterocycles. The van der Waals surface area contributed by atoms with Crippen LogP contribution in [0.15, 0.2) is 23.2 Å². The molecule has 10 heteroatoms. The van der Waals surface area contributed by atoms with E-state index in [1.54, 1.807) is 11.3 Å². The molecule has 2 N–H and O–H groups in total. The second kappa shape index (κ2) is 12.1. The Morgan fingerprint density at radius 2 is 2.04 bits per heavy atom. The van der Waals surface area contributed by atoms with E-state index in [9.17, 15) is 13.2 Å². The highest BCUT2D eigenvalue weighted by molar-refractivity contribution is 14.0. The molecule has 0 spiro atoms. The van der Waals surface area contributed by atoms with Gasteiger partial charge in [0.15, 0.2) is 5.96 Å². The molecule has 28 heavy (non-hydrogen) atoms. The minimum absolute atomic E-state index is 0. The fraction of sp³-hybridized carbons (Fsp3) is 0.444. The third-order valence-corrected chi connectivity index (χ3v) is 4.87. The number of rotatable bonds is 8. The Kier molecular flexibility index (Phi) is 10.6. The first kappa shape index (κ1) is 24.5. The van der Waals surface area contributed by atoms with Gasteiger partial charge in [-0.15, -0.1) is 35.3 Å². The molecule has 0 unspecified atom stereocenters. The number of hydrogen-bond acceptors (Lipinski definition) is 4. The third kappa shape index (κ3) is 7.46. The lowest BCUT2D eigenvalue weighted by Crippen LogP contribution is -2.38. The van der Waals surface area contributed by atoms with Gasteiger partial charge in [0.25, 0.3) is 0 Å². The molecule has 0 aliphatic carbocycles. The first-order valence-corrected chi connectivity index (χ1v) is 9.39. The molecule has 0 atom stereocenters. The quantitative estimate of drug-likeness (QED) is 0.303. The van der Waals surface area contributed by atoms with Gasteiger partial charge in [-0.1, -0.05) is 6.07 Å². The molecular formula is C18H24F3IN4OS. The van der Waals surface area contributed by atoms with E-state index in [2.05, 4.69) is 25.3 Å². The average molecular weight is 528 g/mol. The molecule has 2 rings (SSSR count). The van der Waals surface area contributed by atoms with Crippen molar-refractivity contribution in [3.8, 4) is 5.75 Å². The molecule has 0 fully saturated rings. The third-order valence-electron chi connectivity index (χ3n) is 3.74. The van der Waals surface area contributed by atoms with Gasteiger partial charge in [0.05, 0.1) is 22.8 Å². The summed E-state index contributed by atoms with van der Waals surface area (Å²) in [6, 6.07) is 3.81. The van der Waals surface area contributed by atoms with Crippen LogP contribution in [0.4, 0.5) is 13.2 Å². The lowest BCUT2D eigenvalue weighted by atomic mass is 10.2. The summed E-state index contributed by atoms with van der Waals surface area (Å²) >= 11 is 1.65. The van der Waals surface area contributed by atoms with Crippen molar-refractivity contribution in [2.24, 2.45) is 4.99 Å². The SMILES string of the molecule is CCNC(=NCc1c(F)cccc1OC(F)F)NCCc1nc(C)c(C)s1.I. The normalized spacial score (nSPS) is 11.3. The van der Waals surface area contributed by atoms with Crippen molar-refractivity contribution in [1.29, 1.82) is 0 Å². The predicted octanol–water partition coefficient (Wildman–Crippen LogP) is 4.42. The lowest BCUT2D eigenvalue weighted by molar-refractivity contribution is -0.0506. The van der Waals surface area contributed by atoms with Crippen molar-refractivity contribution in [2.45, 2.75) is 40.3 Å².